The highest BCUT2D eigenvalue weighted by atomic mass is 16.5. The second-order valence-electron chi connectivity index (χ2n) is 11.6. The van der Waals surface area contributed by atoms with Gasteiger partial charge < -0.3 is 39.1 Å². The van der Waals surface area contributed by atoms with Gasteiger partial charge in [-0.05, 0) is 96.6 Å². The van der Waals surface area contributed by atoms with Crippen molar-refractivity contribution in [1.82, 2.24) is 0 Å². The quantitative estimate of drug-likeness (QED) is 0.114. The third-order valence-electron chi connectivity index (χ3n) is 8.09. The Labute approximate surface area is 262 Å². The summed E-state index contributed by atoms with van der Waals surface area (Å²) in [7, 11) is 0. The van der Waals surface area contributed by atoms with Crippen LogP contribution < -0.4 is 4.74 Å². The van der Waals surface area contributed by atoms with Gasteiger partial charge in [-0.25, -0.2) is 0 Å². The van der Waals surface area contributed by atoms with Gasteiger partial charge in [0.2, 0.25) is 0 Å². The molecule has 8 nitrogen and oxygen atoms in total. The Kier molecular flexibility index (Phi) is 10.1. The number of phenols is 1. The van der Waals surface area contributed by atoms with Gasteiger partial charge in [-0.2, -0.15) is 0 Å². The van der Waals surface area contributed by atoms with Crippen LogP contribution in [-0.4, -0.2) is 38.2 Å². The summed E-state index contributed by atoms with van der Waals surface area (Å²) in [5, 5.41) is 52.0. The smallest absolute Gasteiger partial charge is 0.152 e. The molecule has 0 spiro atoms. The molecule has 0 aliphatic carbocycles. The lowest BCUT2D eigenvalue weighted by Crippen LogP contribution is -2.29. The van der Waals surface area contributed by atoms with Crippen LogP contribution in [0.4, 0.5) is 0 Å². The van der Waals surface area contributed by atoms with Crippen molar-refractivity contribution in [2.75, 3.05) is 6.61 Å². The number of aryl methyl sites for hydroxylation is 3. The van der Waals surface area contributed by atoms with E-state index in [0.29, 0.717) is 63.9 Å². The molecule has 5 rings (SSSR count). The fourth-order valence-electron chi connectivity index (χ4n) is 5.46. The molecule has 2 atom stereocenters. The van der Waals surface area contributed by atoms with Gasteiger partial charge >= 0.3 is 0 Å². The maximum Gasteiger partial charge on any atom is 0.152 e. The van der Waals surface area contributed by atoms with Gasteiger partial charge in [-0.1, -0.05) is 35.9 Å². The second-order valence-corrected chi connectivity index (χ2v) is 11.6. The van der Waals surface area contributed by atoms with E-state index in [0.717, 1.165) is 22.3 Å². The average Bonchev–Trinajstić information content (AvgIpc) is 3.68. The molecule has 5 aromatic rings. The van der Waals surface area contributed by atoms with Crippen LogP contribution in [0.25, 0.3) is 0 Å². The zero-order chi connectivity index (χ0) is 32.1. The molecule has 2 aromatic heterocycles. The third-order valence-corrected chi connectivity index (χ3v) is 8.09. The molecule has 0 bridgehead atoms. The predicted molar refractivity (Wildman–Crippen MR) is 169 cm³/mol. The minimum atomic E-state index is -1.05. The Morgan fingerprint density at radius 1 is 0.644 bits per heavy atom. The molecule has 45 heavy (non-hydrogen) atoms. The lowest BCUT2D eigenvalue weighted by Gasteiger charge is -2.25. The largest absolute Gasteiger partial charge is 0.507 e. The number of hydrogen-bond acceptors (Lipinski definition) is 8. The van der Waals surface area contributed by atoms with Crippen molar-refractivity contribution in [2.24, 2.45) is 0 Å². The fraction of sp³-hybridized carbons (Fsp3) is 0.297. The molecule has 0 aliphatic rings. The van der Waals surface area contributed by atoms with E-state index >= 15 is 0 Å². The van der Waals surface area contributed by atoms with Gasteiger partial charge in [-0.3, -0.25) is 0 Å². The van der Waals surface area contributed by atoms with Gasteiger partial charge in [0.05, 0.1) is 19.6 Å². The first kappa shape index (κ1) is 32.1. The summed E-state index contributed by atoms with van der Waals surface area (Å²) in [5.74, 6) is 3.06. The maximum absolute atomic E-state index is 11.4. The van der Waals surface area contributed by atoms with E-state index in [-0.39, 0.29) is 25.4 Å². The van der Waals surface area contributed by atoms with Gasteiger partial charge in [0.1, 0.15) is 47.3 Å². The van der Waals surface area contributed by atoms with Crippen LogP contribution in [-0.2, 0) is 32.5 Å². The van der Waals surface area contributed by atoms with E-state index in [2.05, 4.69) is 0 Å². The van der Waals surface area contributed by atoms with Crippen molar-refractivity contribution in [3.63, 3.8) is 0 Å². The van der Waals surface area contributed by atoms with Crippen LogP contribution in [0.15, 0.2) is 81.6 Å². The molecule has 236 valence electrons. The van der Waals surface area contributed by atoms with Crippen LogP contribution in [0.3, 0.4) is 0 Å². The number of aliphatic hydroxyl groups excluding tert-OH is 4. The van der Waals surface area contributed by atoms with Gasteiger partial charge in [0.25, 0.3) is 0 Å². The van der Waals surface area contributed by atoms with Crippen LogP contribution in [0.1, 0.15) is 73.7 Å². The summed E-state index contributed by atoms with van der Waals surface area (Å²) < 4.78 is 17.8. The summed E-state index contributed by atoms with van der Waals surface area (Å²) >= 11 is 0. The van der Waals surface area contributed by atoms with Crippen molar-refractivity contribution >= 4 is 0 Å². The molecule has 2 heterocycles. The van der Waals surface area contributed by atoms with E-state index in [1.807, 2.05) is 63.2 Å². The number of aromatic hydroxyl groups is 1. The highest BCUT2D eigenvalue weighted by Crippen LogP contribution is 2.34. The van der Waals surface area contributed by atoms with Crippen LogP contribution >= 0.6 is 0 Å². The number of benzene rings is 3. The first-order valence-electron chi connectivity index (χ1n) is 15.0. The third kappa shape index (κ3) is 7.67. The molecule has 0 fully saturated rings. The molecule has 0 saturated carbocycles. The van der Waals surface area contributed by atoms with Gasteiger partial charge in [-0.15, -0.1) is 0 Å². The highest BCUT2D eigenvalue weighted by Gasteiger charge is 2.24. The highest BCUT2D eigenvalue weighted by molar-refractivity contribution is 5.50. The lowest BCUT2D eigenvalue weighted by atomic mass is 9.95. The number of ether oxygens (including phenoxy) is 1. The summed E-state index contributed by atoms with van der Waals surface area (Å²) in [5.41, 5.74) is 6.39. The Morgan fingerprint density at radius 3 is 1.91 bits per heavy atom. The summed E-state index contributed by atoms with van der Waals surface area (Å²) in [6.45, 7) is 5.16. The lowest BCUT2D eigenvalue weighted by molar-refractivity contribution is 0.000317. The fourth-order valence-corrected chi connectivity index (χ4v) is 5.46. The number of aliphatic hydroxyl groups is 4. The summed E-state index contributed by atoms with van der Waals surface area (Å²) in [6.07, 6.45) is -0.943. The summed E-state index contributed by atoms with van der Waals surface area (Å²) in [6, 6.07) is 22.1. The number of rotatable bonds is 13. The molecule has 0 saturated heterocycles. The second kappa shape index (κ2) is 14.2. The predicted octanol–water partition coefficient (Wildman–Crippen LogP) is 5.73. The molecular formula is C37H40O8. The Morgan fingerprint density at radius 2 is 1.29 bits per heavy atom. The van der Waals surface area contributed by atoms with Crippen molar-refractivity contribution in [1.29, 1.82) is 0 Å². The maximum atomic E-state index is 11.4. The molecule has 0 amide bonds. The minimum absolute atomic E-state index is 0.0881. The Balaban J connectivity index is 1.38. The van der Waals surface area contributed by atoms with Gasteiger partial charge in [0.15, 0.2) is 6.10 Å². The van der Waals surface area contributed by atoms with Crippen molar-refractivity contribution in [3.05, 3.63) is 140 Å². The molecule has 3 aromatic carbocycles. The molecule has 5 N–H and O–H groups in total. The van der Waals surface area contributed by atoms with Crippen LogP contribution in [0, 0.1) is 20.8 Å². The zero-order valence-corrected chi connectivity index (χ0v) is 25.8. The minimum Gasteiger partial charge on any atom is -0.507 e. The van der Waals surface area contributed by atoms with Gasteiger partial charge in [0, 0.05) is 18.4 Å². The normalized spacial score (nSPS) is 12.8. The standard InChI is InChI=1S/C37H40O8/c1-22-4-11-34(45-35(21-40)37(42)26-6-5-23(2)24(3)13-26)27(12-22)16-28-14-25(19-38)15-29(36(28)41)17-30-7-8-31(43-30)18-32-9-10-33(20-39)44-32/h4-15,35,37-42H,16-21H2,1-3H3. The SMILES string of the molecule is Cc1ccc(OC(CO)C(O)c2ccc(C)c(C)c2)c(Cc2cc(CO)cc(Cc3ccc(Cc4ccc(CO)o4)o3)c2O)c1. The topological polar surface area (TPSA) is 137 Å². The first-order chi connectivity index (χ1) is 21.7. The van der Waals surface area contributed by atoms with E-state index < -0.39 is 18.8 Å². The van der Waals surface area contributed by atoms with Crippen molar-refractivity contribution < 1.29 is 39.1 Å². The van der Waals surface area contributed by atoms with E-state index in [1.165, 1.54) is 0 Å². The number of hydrogen-bond donors (Lipinski definition) is 5. The molecule has 0 radical (unpaired) electrons. The van der Waals surface area contributed by atoms with Crippen LogP contribution in [0.2, 0.25) is 0 Å². The molecule has 8 heteroatoms. The molecule has 2 unspecified atom stereocenters. The van der Waals surface area contributed by atoms with E-state index in [1.54, 1.807) is 30.3 Å². The number of furan rings is 2. The van der Waals surface area contributed by atoms with Crippen molar-refractivity contribution in [3.8, 4) is 11.5 Å². The average molecular weight is 613 g/mol. The Bertz CT molecular complexity index is 1750. The molecule has 0 aliphatic heterocycles. The van der Waals surface area contributed by atoms with Crippen LogP contribution in [0.5, 0.6) is 11.5 Å². The van der Waals surface area contributed by atoms with E-state index in [4.69, 9.17) is 13.6 Å². The number of phenolic OH excluding ortho intramolecular Hbond substituents is 1. The summed E-state index contributed by atoms with van der Waals surface area (Å²) in [4.78, 5) is 0. The first-order valence-corrected chi connectivity index (χ1v) is 15.0. The van der Waals surface area contributed by atoms with E-state index in [9.17, 15) is 25.5 Å². The van der Waals surface area contributed by atoms with Crippen molar-refractivity contribution in [2.45, 2.75) is 65.5 Å². The zero-order valence-electron chi connectivity index (χ0n) is 25.8. The monoisotopic (exact) mass is 612 g/mol. The molecular weight excluding hydrogens is 572 g/mol. The Hall–Kier alpha value is -4.34.